The van der Waals surface area contributed by atoms with Gasteiger partial charge in [0.1, 0.15) is 0 Å². The number of nitrogens with zero attached hydrogens (tertiary/aromatic N) is 1. The lowest BCUT2D eigenvalue weighted by Gasteiger charge is -2.42. The number of para-hydroxylation sites is 1. The zero-order chi connectivity index (χ0) is 25.7. The smallest absolute Gasteiger partial charge is 0.416 e. The summed E-state index contributed by atoms with van der Waals surface area (Å²) in [7, 11) is 0. The highest BCUT2D eigenvalue weighted by atomic mass is 32.2. The van der Waals surface area contributed by atoms with Crippen LogP contribution in [0.2, 0.25) is 0 Å². The van der Waals surface area contributed by atoms with Crippen molar-refractivity contribution in [3.05, 3.63) is 28.7 Å². The van der Waals surface area contributed by atoms with Crippen molar-refractivity contribution in [1.82, 2.24) is 15.5 Å². The Morgan fingerprint density at radius 2 is 1.92 bits per heavy atom. The molecule has 1 saturated carbocycles. The summed E-state index contributed by atoms with van der Waals surface area (Å²) in [5.41, 5.74) is 0.0673. The lowest BCUT2D eigenvalue weighted by molar-refractivity contribution is -0.115. The quantitative estimate of drug-likeness (QED) is 0.495. The van der Waals surface area contributed by atoms with Gasteiger partial charge in [-0.3, -0.25) is 19.8 Å². The molecule has 0 radical (unpaired) electrons. The summed E-state index contributed by atoms with van der Waals surface area (Å²) in [6.45, 7) is 8.21. The van der Waals surface area contributed by atoms with Gasteiger partial charge in [-0.25, -0.2) is 4.79 Å². The second-order valence-electron chi connectivity index (χ2n) is 10.8. The maximum Gasteiger partial charge on any atom is 0.416 e. The van der Waals surface area contributed by atoms with Gasteiger partial charge in [0.15, 0.2) is 11.5 Å². The average molecular weight is 516 g/mol. The van der Waals surface area contributed by atoms with Crippen molar-refractivity contribution in [1.29, 1.82) is 0 Å². The summed E-state index contributed by atoms with van der Waals surface area (Å²) in [5, 5.41) is 5.24. The zero-order valence-electron chi connectivity index (χ0n) is 21.4. The molecule has 2 N–H and O–H groups in total. The van der Waals surface area contributed by atoms with Crippen molar-refractivity contribution in [2.24, 2.45) is 5.92 Å². The van der Waals surface area contributed by atoms with E-state index in [0.717, 1.165) is 44.0 Å². The fourth-order valence-electron chi connectivity index (χ4n) is 5.15. The first-order valence-electron chi connectivity index (χ1n) is 12.9. The van der Waals surface area contributed by atoms with Crippen LogP contribution in [-0.2, 0) is 4.79 Å². The fourth-order valence-corrected chi connectivity index (χ4v) is 5.83. The minimum atomic E-state index is -0.458. The van der Waals surface area contributed by atoms with Crippen molar-refractivity contribution in [3.63, 3.8) is 0 Å². The molecule has 2 aliphatic heterocycles. The molecule has 9 heteroatoms. The van der Waals surface area contributed by atoms with Gasteiger partial charge in [-0.15, -0.1) is 0 Å². The SMILES string of the molecule is CC(C)(C)N(C(=O)Oc1c(C=C2SC(=O)NC2=O)cccc1OCC1CCCCC1)C1CCCNC1. The van der Waals surface area contributed by atoms with Crippen molar-refractivity contribution in [3.8, 4) is 11.5 Å². The number of hydrogen-bond acceptors (Lipinski definition) is 7. The zero-order valence-corrected chi connectivity index (χ0v) is 22.2. The second kappa shape index (κ2) is 11.7. The Morgan fingerprint density at radius 3 is 2.56 bits per heavy atom. The maximum atomic E-state index is 13.7. The number of ether oxygens (including phenoxy) is 2. The standard InChI is InChI=1S/C27H37N3O5S/c1-27(2,3)30(20-12-8-14-28-16-20)26(33)35-23-19(15-22-24(31)29-25(32)36-22)11-7-13-21(23)34-17-18-9-5-4-6-10-18/h7,11,13,15,18,20,28H,4-6,8-10,12,14,16-17H2,1-3H3,(H,29,31,32). The number of amides is 3. The minimum Gasteiger partial charge on any atom is -0.489 e. The number of benzene rings is 1. The summed E-state index contributed by atoms with van der Waals surface area (Å²) in [4.78, 5) is 39.7. The summed E-state index contributed by atoms with van der Waals surface area (Å²) in [6, 6.07) is 5.39. The first-order valence-corrected chi connectivity index (χ1v) is 13.8. The molecular weight excluding hydrogens is 478 g/mol. The van der Waals surface area contributed by atoms with E-state index in [1.165, 1.54) is 19.3 Å². The molecule has 196 valence electrons. The van der Waals surface area contributed by atoms with Gasteiger partial charge in [-0.2, -0.15) is 0 Å². The molecule has 2 heterocycles. The molecular formula is C27H37N3O5S. The van der Waals surface area contributed by atoms with Crippen LogP contribution >= 0.6 is 11.8 Å². The largest absolute Gasteiger partial charge is 0.489 e. The van der Waals surface area contributed by atoms with Crippen molar-refractivity contribution in [2.75, 3.05) is 19.7 Å². The first kappa shape index (κ1) is 26.5. The summed E-state index contributed by atoms with van der Waals surface area (Å²) in [6.07, 6.45) is 8.96. The van der Waals surface area contributed by atoms with Crippen LogP contribution in [0.25, 0.3) is 6.08 Å². The van der Waals surface area contributed by atoms with E-state index in [2.05, 4.69) is 10.6 Å². The number of imide groups is 1. The fraction of sp³-hybridized carbons (Fsp3) is 0.593. The highest BCUT2D eigenvalue weighted by Crippen LogP contribution is 2.37. The predicted octanol–water partition coefficient (Wildman–Crippen LogP) is 5.32. The average Bonchev–Trinajstić information content (AvgIpc) is 3.16. The monoisotopic (exact) mass is 515 g/mol. The minimum absolute atomic E-state index is 0.0113. The van der Waals surface area contributed by atoms with Gasteiger partial charge < -0.3 is 14.8 Å². The summed E-state index contributed by atoms with van der Waals surface area (Å²) in [5.74, 6) is 0.753. The van der Waals surface area contributed by atoms with Gasteiger partial charge in [0, 0.05) is 23.7 Å². The Labute approximate surface area is 217 Å². The molecule has 1 unspecified atom stereocenters. The van der Waals surface area contributed by atoms with Crippen LogP contribution in [0.5, 0.6) is 11.5 Å². The summed E-state index contributed by atoms with van der Waals surface area (Å²) < 4.78 is 12.3. The van der Waals surface area contributed by atoms with Gasteiger partial charge in [0.25, 0.3) is 11.1 Å². The topological polar surface area (TPSA) is 97.0 Å². The van der Waals surface area contributed by atoms with E-state index in [1.54, 1.807) is 23.1 Å². The Balaban J connectivity index is 1.64. The van der Waals surface area contributed by atoms with Crippen molar-refractivity contribution < 1.29 is 23.9 Å². The highest BCUT2D eigenvalue weighted by Gasteiger charge is 2.36. The van der Waals surface area contributed by atoms with Crippen LogP contribution in [0.3, 0.4) is 0 Å². The van der Waals surface area contributed by atoms with E-state index in [1.807, 2.05) is 26.8 Å². The van der Waals surface area contributed by atoms with Crippen LogP contribution in [0.4, 0.5) is 9.59 Å². The van der Waals surface area contributed by atoms with Gasteiger partial charge in [0.05, 0.1) is 11.5 Å². The Morgan fingerprint density at radius 1 is 1.14 bits per heavy atom. The van der Waals surface area contributed by atoms with Gasteiger partial charge in [-0.05, 0) is 82.8 Å². The molecule has 0 bridgehead atoms. The van der Waals surface area contributed by atoms with Gasteiger partial charge in [-0.1, -0.05) is 31.4 Å². The predicted molar refractivity (Wildman–Crippen MR) is 141 cm³/mol. The molecule has 36 heavy (non-hydrogen) atoms. The molecule has 0 aromatic heterocycles. The molecule has 2 saturated heterocycles. The third-order valence-electron chi connectivity index (χ3n) is 6.88. The lowest BCUT2D eigenvalue weighted by Crippen LogP contribution is -2.57. The van der Waals surface area contributed by atoms with Crippen LogP contribution in [-0.4, -0.2) is 53.4 Å². The molecule has 1 aromatic rings. The Hall–Kier alpha value is -2.52. The number of carbonyl (C=O) groups excluding carboxylic acids is 3. The van der Waals surface area contributed by atoms with Crippen LogP contribution in [0, 0.1) is 5.92 Å². The number of nitrogens with one attached hydrogen (secondary N) is 2. The van der Waals surface area contributed by atoms with Crippen molar-refractivity contribution >= 4 is 35.1 Å². The molecule has 4 rings (SSSR count). The van der Waals surface area contributed by atoms with E-state index >= 15 is 0 Å². The van der Waals surface area contributed by atoms with Crippen molar-refractivity contribution in [2.45, 2.75) is 77.3 Å². The van der Waals surface area contributed by atoms with E-state index in [0.29, 0.717) is 30.4 Å². The molecule has 3 aliphatic rings. The number of hydrogen-bond donors (Lipinski definition) is 2. The maximum absolute atomic E-state index is 13.7. The highest BCUT2D eigenvalue weighted by molar-refractivity contribution is 8.18. The molecule has 3 amide bonds. The Kier molecular flexibility index (Phi) is 8.62. The number of thioether (sulfide) groups is 1. The molecule has 3 fully saturated rings. The third kappa shape index (κ3) is 6.62. The van der Waals surface area contributed by atoms with E-state index in [9.17, 15) is 14.4 Å². The third-order valence-corrected chi connectivity index (χ3v) is 7.69. The molecule has 1 aliphatic carbocycles. The van der Waals surface area contributed by atoms with E-state index in [4.69, 9.17) is 9.47 Å². The van der Waals surface area contributed by atoms with Crippen LogP contribution in [0.1, 0.15) is 71.3 Å². The number of piperidine rings is 1. The number of rotatable bonds is 6. The second-order valence-corrected chi connectivity index (χ2v) is 11.8. The number of carbonyl (C=O) groups is 3. The summed E-state index contributed by atoms with van der Waals surface area (Å²) >= 11 is 0.833. The molecule has 1 aromatic carbocycles. The molecule has 1 atom stereocenters. The Bertz CT molecular complexity index is 1010. The van der Waals surface area contributed by atoms with E-state index in [-0.39, 0.29) is 16.7 Å². The van der Waals surface area contributed by atoms with E-state index < -0.39 is 22.8 Å². The lowest BCUT2D eigenvalue weighted by atomic mass is 9.90. The normalized spacial score (nSPS) is 22.4. The van der Waals surface area contributed by atoms with Crippen LogP contribution in [0.15, 0.2) is 23.1 Å². The van der Waals surface area contributed by atoms with Gasteiger partial charge in [0.2, 0.25) is 0 Å². The first-order chi connectivity index (χ1) is 17.2. The molecule has 8 nitrogen and oxygen atoms in total. The van der Waals surface area contributed by atoms with Gasteiger partial charge >= 0.3 is 6.09 Å². The van der Waals surface area contributed by atoms with Crippen LogP contribution < -0.4 is 20.1 Å². The molecule has 0 spiro atoms.